The van der Waals surface area contributed by atoms with Crippen LogP contribution < -0.4 is 3.58 Å². The van der Waals surface area contributed by atoms with E-state index in [0.29, 0.717) is 0 Å². The number of benzene rings is 1. The van der Waals surface area contributed by atoms with Crippen molar-refractivity contribution in [3.05, 3.63) is 29.3 Å². The van der Waals surface area contributed by atoms with Gasteiger partial charge in [-0.3, -0.25) is 0 Å². The average molecular weight is 360 g/mol. The molecular formula is C18H25Sn. The molecule has 0 heterocycles. The molecule has 0 N–H and O–H groups in total. The first-order valence-corrected chi connectivity index (χ1v) is 9.63. The zero-order valence-corrected chi connectivity index (χ0v) is 14.8. The van der Waals surface area contributed by atoms with Crippen LogP contribution in [-0.4, -0.2) is 22.5 Å². The summed E-state index contributed by atoms with van der Waals surface area (Å²) in [5, 5.41) is 0. The minimum absolute atomic E-state index is 0.881. The Morgan fingerprint density at radius 1 is 0.737 bits per heavy atom. The molecule has 1 heteroatoms. The van der Waals surface area contributed by atoms with Crippen molar-refractivity contribution in [2.45, 2.75) is 76.0 Å². The van der Waals surface area contributed by atoms with E-state index in [1.807, 2.05) is 0 Å². The van der Waals surface area contributed by atoms with Crippen LogP contribution in [0.1, 0.15) is 87.2 Å². The van der Waals surface area contributed by atoms with E-state index in [-0.39, 0.29) is 0 Å². The summed E-state index contributed by atoms with van der Waals surface area (Å²) in [5.74, 6) is 1.77. The molecular weight excluding hydrogens is 335 g/mol. The predicted octanol–water partition coefficient (Wildman–Crippen LogP) is 4.58. The van der Waals surface area contributed by atoms with Crippen LogP contribution in [0, 0.1) is 0 Å². The standard InChI is InChI=1S/C18H25.Sn/c1-3-9-15(10-4-1)17-13-7-8-14-18(17)16-11-5-2-6-12-16;/h7-8,13,15-16H,1-6,9-12H2;. The molecule has 101 valence electrons. The second-order valence-corrected chi connectivity index (χ2v) is 8.02. The fourth-order valence-electron chi connectivity index (χ4n) is 4.20. The quantitative estimate of drug-likeness (QED) is 0.678. The summed E-state index contributed by atoms with van der Waals surface area (Å²) in [4.78, 5) is 0. The predicted molar refractivity (Wildman–Crippen MR) is 83.5 cm³/mol. The van der Waals surface area contributed by atoms with Crippen molar-refractivity contribution in [2.75, 3.05) is 0 Å². The molecule has 0 atom stereocenters. The molecule has 0 bridgehead atoms. The van der Waals surface area contributed by atoms with E-state index < -0.39 is 0 Å². The van der Waals surface area contributed by atoms with Gasteiger partial charge in [0, 0.05) is 0 Å². The van der Waals surface area contributed by atoms with Crippen molar-refractivity contribution < 1.29 is 0 Å². The van der Waals surface area contributed by atoms with Gasteiger partial charge in [-0.2, -0.15) is 0 Å². The van der Waals surface area contributed by atoms with Crippen molar-refractivity contribution >= 4 is 26.1 Å². The summed E-state index contributed by atoms with van der Waals surface area (Å²) in [6.07, 6.45) is 14.5. The Hall–Kier alpha value is 0.0187. The van der Waals surface area contributed by atoms with Gasteiger partial charge in [0.15, 0.2) is 0 Å². The third kappa shape index (κ3) is 3.20. The zero-order chi connectivity index (χ0) is 13.1. The first-order valence-electron chi connectivity index (χ1n) is 8.20. The molecule has 1 aromatic carbocycles. The van der Waals surface area contributed by atoms with Crippen molar-refractivity contribution in [1.82, 2.24) is 0 Å². The molecule has 19 heavy (non-hydrogen) atoms. The van der Waals surface area contributed by atoms with E-state index in [0.717, 1.165) is 11.8 Å². The third-order valence-electron chi connectivity index (χ3n) is 5.20. The second-order valence-electron chi connectivity index (χ2n) is 6.48. The Morgan fingerprint density at radius 3 is 1.95 bits per heavy atom. The molecule has 0 saturated heterocycles. The topological polar surface area (TPSA) is 0 Å². The van der Waals surface area contributed by atoms with E-state index >= 15 is 0 Å². The Balaban J connectivity index is 1.91. The van der Waals surface area contributed by atoms with Crippen LogP contribution in [0.25, 0.3) is 0 Å². The van der Waals surface area contributed by atoms with Crippen LogP contribution in [0.3, 0.4) is 0 Å². The summed E-state index contributed by atoms with van der Waals surface area (Å²) in [5.41, 5.74) is 3.55. The fourth-order valence-corrected chi connectivity index (χ4v) is 5.47. The van der Waals surface area contributed by atoms with Gasteiger partial charge in [0.25, 0.3) is 0 Å². The van der Waals surface area contributed by atoms with Gasteiger partial charge in [-0.1, -0.05) is 0 Å². The first-order chi connectivity index (χ1) is 9.36. The summed E-state index contributed by atoms with van der Waals surface area (Å²) >= 11 is 1.62. The molecule has 0 aliphatic heterocycles. The van der Waals surface area contributed by atoms with Crippen LogP contribution in [0.15, 0.2) is 18.2 Å². The summed E-state index contributed by atoms with van der Waals surface area (Å²) in [6.45, 7) is 0. The molecule has 2 saturated carbocycles. The van der Waals surface area contributed by atoms with E-state index in [1.165, 1.54) is 64.2 Å². The van der Waals surface area contributed by atoms with Gasteiger partial charge in [0.05, 0.1) is 0 Å². The maximum atomic E-state index is 2.47. The molecule has 0 nitrogen and oxygen atoms in total. The fraction of sp³-hybridized carbons (Fsp3) is 0.667. The monoisotopic (exact) mass is 361 g/mol. The maximum absolute atomic E-state index is 2.47. The molecule has 2 fully saturated rings. The van der Waals surface area contributed by atoms with Gasteiger partial charge >= 0.3 is 131 Å². The first kappa shape index (κ1) is 14.0. The van der Waals surface area contributed by atoms with Crippen molar-refractivity contribution in [3.63, 3.8) is 0 Å². The Bertz CT molecular complexity index is 412. The van der Waals surface area contributed by atoms with Gasteiger partial charge in [-0.25, -0.2) is 0 Å². The van der Waals surface area contributed by atoms with Gasteiger partial charge < -0.3 is 0 Å². The van der Waals surface area contributed by atoms with E-state index in [2.05, 4.69) is 18.2 Å². The van der Waals surface area contributed by atoms with Crippen LogP contribution in [0.2, 0.25) is 0 Å². The van der Waals surface area contributed by atoms with Crippen LogP contribution in [0.4, 0.5) is 0 Å². The average Bonchev–Trinajstić information content (AvgIpc) is 2.49. The Morgan fingerprint density at radius 2 is 1.32 bits per heavy atom. The molecule has 0 spiro atoms. The van der Waals surface area contributed by atoms with Crippen LogP contribution in [-0.2, 0) is 0 Å². The molecule has 1 aromatic rings. The summed E-state index contributed by atoms with van der Waals surface area (Å²) in [6, 6.07) is 7.17. The van der Waals surface area contributed by atoms with Gasteiger partial charge in [-0.15, -0.1) is 0 Å². The normalized spacial score (nSPS) is 22.6. The third-order valence-corrected chi connectivity index (χ3v) is 6.44. The van der Waals surface area contributed by atoms with Crippen molar-refractivity contribution in [1.29, 1.82) is 0 Å². The van der Waals surface area contributed by atoms with Gasteiger partial charge in [0.2, 0.25) is 0 Å². The molecule has 2 aliphatic rings. The van der Waals surface area contributed by atoms with Gasteiger partial charge in [-0.05, 0) is 0 Å². The van der Waals surface area contributed by atoms with E-state index in [1.54, 1.807) is 37.2 Å². The van der Waals surface area contributed by atoms with Crippen molar-refractivity contribution in [2.24, 2.45) is 0 Å². The molecule has 3 radical (unpaired) electrons. The van der Waals surface area contributed by atoms with E-state index in [4.69, 9.17) is 0 Å². The number of hydrogen-bond donors (Lipinski definition) is 0. The van der Waals surface area contributed by atoms with Crippen LogP contribution >= 0.6 is 0 Å². The molecule has 0 aromatic heterocycles. The molecule has 0 amide bonds. The molecule has 3 rings (SSSR count). The number of rotatable bonds is 2. The minimum atomic E-state index is 0.881. The number of hydrogen-bond acceptors (Lipinski definition) is 0. The second kappa shape index (κ2) is 6.65. The molecule has 0 unspecified atom stereocenters. The van der Waals surface area contributed by atoms with Crippen molar-refractivity contribution in [3.8, 4) is 0 Å². The van der Waals surface area contributed by atoms with Crippen LogP contribution in [0.5, 0.6) is 0 Å². The Kier molecular flexibility index (Phi) is 4.89. The van der Waals surface area contributed by atoms with E-state index in [9.17, 15) is 0 Å². The summed E-state index contributed by atoms with van der Waals surface area (Å²) in [7, 11) is 0. The zero-order valence-electron chi connectivity index (χ0n) is 12.0. The molecule has 2 aliphatic carbocycles. The SMILES string of the molecule is [Sn][c]1cccc(C2CCCCC2)c1C1CCCCC1. The summed E-state index contributed by atoms with van der Waals surface area (Å²) < 4.78 is 1.65. The van der Waals surface area contributed by atoms with Gasteiger partial charge in [0.1, 0.15) is 0 Å². The Labute approximate surface area is 131 Å².